The number of carbonyl (C=O) groups is 2. The zero-order chi connectivity index (χ0) is 14.2. The number of nitrogen functional groups attached to an aromatic ring is 1. The first kappa shape index (κ1) is 13.3. The van der Waals surface area contributed by atoms with Crippen molar-refractivity contribution < 1.29 is 14.3 Å². The monoisotopic (exact) mass is 284 g/mol. The molecular weight excluding hydrogens is 272 g/mol. The van der Waals surface area contributed by atoms with Crippen LogP contribution in [0.25, 0.3) is 0 Å². The number of amides is 1. The van der Waals surface area contributed by atoms with Gasteiger partial charge in [0.15, 0.2) is 10.5 Å². The summed E-state index contributed by atoms with van der Waals surface area (Å²) in [5.74, 6) is -1.46. The number of ether oxygens (including phenoxy) is 1. The number of hydrogen-bond donors (Lipinski definition) is 3. The third-order valence-corrected chi connectivity index (χ3v) is 3.08. The van der Waals surface area contributed by atoms with Gasteiger partial charge in [0.05, 0.1) is 13.0 Å². The van der Waals surface area contributed by atoms with Crippen LogP contribution in [0.5, 0.6) is 0 Å². The van der Waals surface area contributed by atoms with Crippen LogP contribution >= 0.6 is 12.2 Å². The van der Waals surface area contributed by atoms with Crippen LogP contribution < -0.4 is 16.2 Å². The largest absolute Gasteiger partial charge is 0.469 e. The summed E-state index contributed by atoms with van der Waals surface area (Å²) in [6.07, 6.45) is -0.0127. The van der Waals surface area contributed by atoms with E-state index in [1.165, 1.54) is 12.0 Å². The Morgan fingerprint density at radius 1 is 1.47 bits per heavy atom. The van der Waals surface area contributed by atoms with E-state index in [0.717, 1.165) is 0 Å². The molecule has 0 spiro atoms. The number of carbonyl (C=O) groups excluding carboxylic acids is 2. The maximum absolute atomic E-state index is 11.9. The van der Waals surface area contributed by atoms with Crippen molar-refractivity contribution in [3.05, 3.63) is 15.1 Å². The minimum Gasteiger partial charge on any atom is -0.469 e. The molecule has 8 nitrogen and oxygen atoms in total. The van der Waals surface area contributed by atoms with E-state index in [9.17, 15) is 14.4 Å². The van der Waals surface area contributed by atoms with E-state index in [4.69, 9.17) is 18.0 Å². The number of aromatic nitrogens is 2. The molecule has 2 rings (SSSR count). The smallest absolute Gasteiger partial charge is 0.311 e. The summed E-state index contributed by atoms with van der Waals surface area (Å²) in [5, 5.41) is 0. The van der Waals surface area contributed by atoms with Crippen LogP contribution in [0, 0.1) is 10.7 Å². The average molecular weight is 284 g/mol. The Bertz CT molecular complexity index is 650. The Balaban J connectivity index is 2.39. The molecule has 1 atom stereocenters. The molecule has 1 aromatic heterocycles. The van der Waals surface area contributed by atoms with Crippen LogP contribution in [-0.4, -0.2) is 35.5 Å². The van der Waals surface area contributed by atoms with Gasteiger partial charge >= 0.3 is 5.97 Å². The lowest BCUT2D eigenvalue weighted by atomic mass is 10.1. The maximum atomic E-state index is 11.9. The van der Waals surface area contributed by atoms with Gasteiger partial charge in [0.2, 0.25) is 5.91 Å². The highest BCUT2D eigenvalue weighted by Crippen LogP contribution is 2.25. The number of aromatic amines is 2. The molecule has 1 fully saturated rings. The van der Waals surface area contributed by atoms with Crippen molar-refractivity contribution in [2.75, 3.05) is 24.3 Å². The number of methoxy groups -OCH3 is 1. The molecule has 1 aliphatic rings. The SMILES string of the molecule is COC(=O)C1CC(=O)N(c2c(N)[nH]c(=S)[nH]c2=O)C1. The van der Waals surface area contributed by atoms with Gasteiger partial charge in [-0.2, -0.15) is 0 Å². The molecule has 19 heavy (non-hydrogen) atoms. The first-order valence-corrected chi connectivity index (χ1v) is 5.85. The maximum Gasteiger partial charge on any atom is 0.311 e. The van der Waals surface area contributed by atoms with Gasteiger partial charge in [-0.1, -0.05) is 0 Å². The van der Waals surface area contributed by atoms with Crippen molar-refractivity contribution in [2.45, 2.75) is 6.42 Å². The Kier molecular flexibility index (Phi) is 3.38. The predicted octanol–water partition coefficient (Wildman–Crippen LogP) is -0.459. The molecule has 1 amide bonds. The number of H-pyrrole nitrogens is 2. The first-order valence-electron chi connectivity index (χ1n) is 5.44. The molecule has 9 heteroatoms. The van der Waals surface area contributed by atoms with E-state index in [1.54, 1.807) is 0 Å². The topological polar surface area (TPSA) is 121 Å². The van der Waals surface area contributed by atoms with Gasteiger partial charge in [0.25, 0.3) is 5.56 Å². The van der Waals surface area contributed by atoms with E-state index < -0.39 is 17.4 Å². The van der Waals surface area contributed by atoms with Crippen LogP contribution in [0.4, 0.5) is 11.5 Å². The molecule has 102 valence electrons. The normalized spacial score (nSPS) is 18.7. The van der Waals surface area contributed by atoms with E-state index in [-0.39, 0.29) is 35.1 Å². The molecule has 1 aliphatic heterocycles. The zero-order valence-corrected chi connectivity index (χ0v) is 10.9. The third-order valence-electron chi connectivity index (χ3n) is 2.87. The number of nitrogens with one attached hydrogen (secondary N) is 2. The number of hydrogen-bond acceptors (Lipinski definition) is 6. The fourth-order valence-corrected chi connectivity index (χ4v) is 2.22. The highest BCUT2D eigenvalue weighted by Gasteiger charge is 2.37. The Morgan fingerprint density at radius 3 is 2.74 bits per heavy atom. The van der Waals surface area contributed by atoms with Crippen LogP contribution in [0.15, 0.2) is 4.79 Å². The summed E-state index contributed by atoms with van der Waals surface area (Å²) < 4.78 is 4.66. The van der Waals surface area contributed by atoms with Crippen molar-refractivity contribution >= 4 is 35.6 Å². The molecule has 4 N–H and O–H groups in total. The second kappa shape index (κ2) is 4.84. The summed E-state index contributed by atoms with van der Waals surface area (Å²) in [6, 6.07) is 0. The fraction of sp³-hybridized carbons (Fsp3) is 0.400. The molecule has 1 aromatic rings. The number of esters is 1. The van der Waals surface area contributed by atoms with E-state index in [2.05, 4.69) is 14.7 Å². The lowest BCUT2D eigenvalue weighted by Crippen LogP contribution is -2.32. The highest BCUT2D eigenvalue weighted by atomic mass is 32.1. The van der Waals surface area contributed by atoms with Gasteiger partial charge in [-0.25, -0.2) is 0 Å². The van der Waals surface area contributed by atoms with Gasteiger partial charge in [-0.05, 0) is 12.2 Å². The Labute approximate surface area is 112 Å². The summed E-state index contributed by atoms with van der Waals surface area (Å²) in [5.41, 5.74) is 5.07. The van der Waals surface area contributed by atoms with Gasteiger partial charge in [-0.3, -0.25) is 19.4 Å². The van der Waals surface area contributed by atoms with Crippen molar-refractivity contribution in [1.82, 2.24) is 9.97 Å². The summed E-state index contributed by atoms with van der Waals surface area (Å²) in [7, 11) is 1.25. The minimum absolute atomic E-state index is 0.00684. The van der Waals surface area contributed by atoms with Gasteiger partial charge < -0.3 is 20.4 Å². The molecular formula is C10H12N4O4S. The van der Waals surface area contributed by atoms with Crippen molar-refractivity contribution in [3.63, 3.8) is 0 Å². The Morgan fingerprint density at radius 2 is 2.16 bits per heavy atom. The second-order valence-electron chi connectivity index (χ2n) is 4.10. The zero-order valence-electron chi connectivity index (χ0n) is 10.1. The molecule has 1 unspecified atom stereocenters. The molecule has 0 bridgehead atoms. The standard InChI is InChI=1S/C10H12N4O4S/c1-18-9(17)4-2-5(15)14(3-4)6-7(11)12-10(19)13-8(6)16/h4H,2-3H2,1H3,(H4,11,12,13,16,19). The fourth-order valence-electron chi connectivity index (χ4n) is 2.01. The molecule has 1 saturated heterocycles. The van der Waals surface area contributed by atoms with E-state index in [1.807, 2.05) is 0 Å². The molecule has 0 saturated carbocycles. The van der Waals surface area contributed by atoms with Gasteiger partial charge in [0, 0.05) is 13.0 Å². The van der Waals surface area contributed by atoms with Crippen molar-refractivity contribution in [3.8, 4) is 0 Å². The van der Waals surface area contributed by atoms with Crippen molar-refractivity contribution in [2.24, 2.45) is 5.92 Å². The predicted molar refractivity (Wildman–Crippen MR) is 69.1 cm³/mol. The first-order chi connectivity index (χ1) is 8.93. The van der Waals surface area contributed by atoms with Crippen LogP contribution in [0.1, 0.15) is 6.42 Å². The minimum atomic E-state index is -0.598. The van der Waals surface area contributed by atoms with Crippen LogP contribution in [0.3, 0.4) is 0 Å². The van der Waals surface area contributed by atoms with Gasteiger partial charge in [-0.15, -0.1) is 0 Å². The third kappa shape index (κ3) is 2.36. The van der Waals surface area contributed by atoms with E-state index >= 15 is 0 Å². The number of rotatable bonds is 2. The molecule has 0 radical (unpaired) electrons. The average Bonchev–Trinajstić information content (AvgIpc) is 2.69. The number of nitrogens with zero attached hydrogens (tertiary/aromatic N) is 1. The van der Waals surface area contributed by atoms with E-state index in [0.29, 0.717) is 0 Å². The number of nitrogens with two attached hydrogens (primary N) is 1. The number of anilines is 2. The highest BCUT2D eigenvalue weighted by molar-refractivity contribution is 7.71. The van der Waals surface area contributed by atoms with Crippen molar-refractivity contribution in [1.29, 1.82) is 0 Å². The summed E-state index contributed by atoms with van der Waals surface area (Å²) in [6.45, 7) is 0.0589. The lowest BCUT2D eigenvalue weighted by Gasteiger charge is -2.16. The van der Waals surface area contributed by atoms with Crippen LogP contribution in [0.2, 0.25) is 0 Å². The summed E-state index contributed by atoms with van der Waals surface area (Å²) >= 11 is 4.77. The molecule has 2 heterocycles. The van der Waals surface area contributed by atoms with Gasteiger partial charge in [0.1, 0.15) is 5.82 Å². The quantitative estimate of drug-likeness (QED) is 0.499. The van der Waals surface area contributed by atoms with Crippen LogP contribution in [-0.2, 0) is 14.3 Å². The lowest BCUT2D eigenvalue weighted by molar-refractivity contribution is -0.145. The molecule has 0 aromatic carbocycles. The molecule has 0 aliphatic carbocycles. The second-order valence-corrected chi connectivity index (χ2v) is 4.51. The summed E-state index contributed by atoms with van der Waals surface area (Å²) in [4.78, 5) is 41.2. The Hall–Kier alpha value is -2.16.